The van der Waals surface area contributed by atoms with Crippen LogP contribution < -0.4 is 5.32 Å². The van der Waals surface area contributed by atoms with Crippen molar-refractivity contribution in [1.82, 2.24) is 10.2 Å². The predicted molar refractivity (Wildman–Crippen MR) is 90.1 cm³/mol. The number of carbonyl (C=O) groups excluding carboxylic acids is 1. The highest BCUT2D eigenvalue weighted by molar-refractivity contribution is 5.74. The number of urea groups is 1. The Kier molecular flexibility index (Phi) is 4.93. The summed E-state index contributed by atoms with van der Waals surface area (Å²) in [5.74, 6) is 0. The standard InChI is InChI=1S/C19H22N2O2/c1-15-7-5-6-10-17(15)18-14-21(11-12-23-18)19(22)20-13-16-8-3-2-4-9-16/h2-10,18H,11-14H2,1H3,(H,20,22). The van der Waals surface area contributed by atoms with Crippen LogP contribution >= 0.6 is 0 Å². The van der Waals surface area contributed by atoms with Gasteiger partial charge >= 0.3 is 6.03 Å². The molecule has 0 aromatic heterocycles. The van der Waals surface area contributed by atoms with Crippen molar-refractivity contribution in [3.05, 3.63) is 71.3 Å². The van der Waals surface area contributed by atoms with Crippen LogP contribution in [0, 0.1) is 6.92 Å². The van der Waals surface area contributed by atoms with Gasteiger partial charge in [0.25, 0.3) is 0 Å². The van der Waals surface area contributed by atoms with E-state index in [0.29, 0.717) is 26.2 Å². The third kappa shape index (κ3) is 3.90. The molecule has 1 fully saturated rings. The summed E-state index contributed by atoms with van der Waals surface area (Å²) in [5, 5.41) is 2.99. The second-order valence-corrected chi connectivity index (χ2v) is 5.81. The number of rotatable bonds is 3. The van der Waals surface area contributed by atoms with Gasteiger partial charge in [-0.2, -0.15) is 0 Å². The summed E-state index contributed by atoms with van der Waals surface area (Å²) in [6, 6.07) is 18.1. The molecular weight excluding hydrogens is 288 g/mol. The lowest BCUT2D eigenvalue weighted by atomic mass is 10.0. The maximum Gasteiger partial charge on any atom is 0.317 e. The number of amides is 2. The van der Waals surface area contributed by atoms with Gasteiger partial charge in [-0.05, 0) is 23.6 Å². The van der Waals surface area contributed by atoms with Gasteiger partial charge in [-0.15, -0.1) is 0 Å². The molecule has 4 heteroatoms. The summed E-state index contributed by atoms with van der Waals surface area (Å²) >= 11 is 0. The van der Waals surface area contributed by atoms with Gasteiger partial charge in [0.05, 0.1) is 13.2 Å². The zero-order valence-electron chi connectivity index (χ0n) is 13.4. The molecule has 1 unspecified atom stereocenters. The number of benzene rings is 2. The quantitative estimate of drug-likeness (QED) is 0.945. The highest BCUT2D eigenvalue weighted by Crippen LogP contribution is 2.24. The molecule has 1 aliphatic rings. The Hall–Kier alpha value is -2.33. The van der Waals surface area contributed by atoms with Crippen LogP contribution in [0.15, 0.2) is 54.6 Å². The number of aryl methyl sites for hydroxylation is 1. The van der Waals surface area contributed by atoms with E-state index < -0.39 is 0 Å². The van der Waals surface area contributed by atoms with Crippen LogP contribution in [0.3, 0.4) is 0 Å². The molecule has 1 N–H and O–H groups in total. The first-order chi connectivity index (χ1) is 11.2. The zero-order chi connectivity index (χ0) is 16.1. The Morgan fingerprint density at radius 2 is 1.91 bits per heavy atom. The minimum atomic E-state index is -0.0487. The molecule has 3 rings (SSSR count). The number of carbonyl (C=O) groups is 1. The van der Waals surface area contributed by atoms with E-state index >= 15 is 0 Å². The number of ether oxygens (including phenoxy) is 1. The van der Waals surface area contributed by atoms with E-state index in [1.54, 1.807) is 0 Å². The summed E-state index contributed by atoms with van der Waals surface area (Å²) in [7, 11) is 0. The largest absolute Gasteiger partial charge is 0.370 e. The van der Waals surface area contributed by atoms with Gasteiger partial charge in [0.15, 0.2) is 0 Å². The van der Waals surface area contributed by atoms with Crippen molar-refractivity contribution in [2.45, 2.75) is 19.6 Å². The fourth-order valence-electron chi connectivity index (χ4n) is 2.86. The van der Waals surface area contributed by atoms with Crippen molar-refractivity contribution < 1.29 is 9.53 Å². The molecule has 1 saturated heterocycles. The van der Waals surface area contributed by atoms with Gasteiger partial charge in [-0.3, -0.25) is 0 Å². The molecule has 0 radical (unpaired) electrons. The zero-order valence-corrected chi connectivity index (χ0v) is 13.4. The van der Waals surface area contributed by atoms with Gasteiger partial charge in [-0.1, -0.05) is 54.6 Å². The van der Waals surface area contributed by atoms with Gasteiger partial charge in [0.1, 0.15) is 6.10 Å². The number of hydrogen-bond acceptors (Lipinski definition) is 2. The van der Waals surface area contributed by atoms with Crippen LogP contribution in [0.5, 0.6) is 0 Å². The molecule has 1 atom stereocenters. The lowest BCUT2D eigenvalue weighted by Crippen LogP contribution is -2.47. The SMILES string of the molecule is Cc1ccccc1C1CN(C(=O)NCc2ccccc2)CCO1. The van der Waals surface area contributed by atoms with Gasteiger partial charge in [0, 0.05) is 13.1 Å². The van der Waals surface area contributed by atoms with Crippen molar-refractivity contribution in [3.63, 3.8) is 0 Å². The first-order valence-corrected chi connectivity index (χ1v) is 7.98. The molecule has 0 spiro atoms. The van der Waals surface area contributed by atoms with Gasteiger partial charge in [-0.25, -0.2) is 4.79 Å². The van der Waals surface area contributed by atoms with E-state index in [-0.39, 0.29) is 12.1 Å². The second kappa shape index (κ2) is 7.29. The molecule has 0 saturated carbocycles. The van der Waals surface area contributed by atoms with Crippen molar-refractivity contribution in [2.75, 3.05) is 19.7 Å². The summed E-state index contributed by atoms with van der Waals surface area (Å²) in [4.78, 5) is 14.2. The first kappa shape index (κ1) is 15.6. The molecule has 0 bridgehead atoms. The van der Waals surface area contributed by atoms with E-state index in [2.05, 4.69) is 24.4 Å². The van der Waals surface area contributed by atoms with Crippen molar-refractivity contribution in [3.8, 4) is 0 Å². The highest BCUT2D eigenvalue weighted by atomic mass is 16.5. The van der Waals surface area contributed by atoms with Gasteiger partial charge < -0.3 is 15.0 Å². The Morgan fingerprint density at radius 3 is 2.70 bits per heavy atom. The average Bonchev–Trinajstić information content (AvgIpc) is 2.61. The number of nitrogens with one attached hydrogen (secondary N) is 1. The van der Waals surface area contributed by atoms with Crippen LogP contribution in [-0.4, -0.2) is 30.6 Å². The summed E-state index contributed by atoms with van der Waals surface area (Å²) < 4.78 is 5.87. The smallest absolute Gasteiger partial charge is 0.317 e. The molecule has 1 heterocycles. The van der Waals surface area contributed by atoms with Crippen LogP contribution in [0.2, 0.25) is 0 Å². The maximum atomic E-state index is 12.4. The first-order valence-electron chi connectivity index (χ1n) is 7.98. The molecule has 4 nitrogen and oxygen atoms in total. The molecular formula is C19H22N2O2. The van der Waals surface area contributed by atoms with E-state index in [0.717, 1.165) is 11.1 Å². The van der Waals surface area contributed by atoms with E-state index in [4.69, 9.17) is 4.74 Å². The number of hydrogen-bond donors (Lipinski definition) is 1. The topological polar surface area (TPSA) is 41.6 Å². The van der Waals surface area contributed by atoms with E-state index in [9.17, 15) is 4.79 Å². The van der Waals surface area contributed by atoms with E-state index in [1.165, 1.54) is 5.56 Å². The van der Waals surface area contributed by atoms with Crippen molar-refractivity contribution in [1.29, 1.82) is 0 Å². The molecule has 1 aliphatic heterocycles. The monoisotopic (exact) mass is 310 g/mol. The minimum Gasteiger partial charge on any atom is -0.370 e. The summed E-state index contributed by atoms with van der Waals surface area (Å²) in [5.41, 5.74) is 3.46. The summed E-state index contributed by atoms with van der Waals surface area (Å²) in [6.45, 7) is 4.41. The normalized spacial score (nSPS) is 17.8. The number of morpholine rings is 1. The van der Waals surface area contributed by atoms with Crippen LogP contribution in [0.1, 0.15) is 22.8 Å². The predicted octanol–water partition coefficient (Wildman–Crippen LogP) is 3.28. The van der Waals surface area contributed by atoms with Gasteiger partial charge in [0.2, 0.25) is 0 Å². The van der Waals surface area contributed by atoms with Crippen molar-refractivity contribution >= 4 is 6.03 Å². The Bertz CT molecular complexity index is 657. The molecule has 2 aromatic carbocycles. The molecule has 2 aromatic rings. The minimum absolute atomic E-state index is 0.0317. The third-order valence-electron chi connectivity index (χ3n) is 4.18. The van der Waals surface area contributed by atoms with Crippen molar-refractivity contribution in [2.24, 2.45) is 0 Å². The summed E-state index contributed by atoms with van der Waals surface area (Å²) in [6.07, 6.45) is -0.0487. The maximum absolute atomic E-state index is 12.4. The lowest BCUT2D eigenvalue weighted by Gasteiger charge is -2.33. The Morgan fingerprint density at radius 1 is 1.17 bits per heavy atom. The Labute approximate surface area is 137 Å². The molecule has 0 aliphatic carbocycles. The third-order valence-corrected chi connectivity index (χ3v) is 4.18. The van der Waals surface area contributed by atoms with Crippen LogP contribution in [0.25, 0.3) is 0 Å². The average molecular weight is 310 g/mol. The molecule has 23 heavy (non-hydrogen) atoms. The second-order valence-electron chi connectivity index (χ2n) is 5.81. The lowest BCUT2D eigenvalue weighted by molar-refractivity contribution is -0.0157. The molecule has 2 amide bonds. The van der Waals surface area contributed by atoms with E-state index in [1.807, 2.05) is 47.4 Å². The van der Waals surface area contributed by atoms with Crippen LogP contribution in [0.4, 0.5) is 4.79 Å². The van der Waals surface area contributed by atoms with Crippen LogP contribution in [-0.2, 0) is 11.3 Å². The number of nitrogens with zero attached hydrogens (tertiary/aromatic N) is 1. The fourth-order valence-corrected chi connectivity index (χ4v) is 2.86. The fraction of sp³-hybridized carbons (Fsp3) is 0.316. The Balaban J connectivity index is 1.60. The highest BCUT2D eigenvalue weighted by Gasteiger charge is 2.26. The molecule has 120 valence electrons.